The fourth-order valence-corrected chi connectivity index (χ4v) is 2.62. The summed E-state index contributed by atoms with van der Waals surface area (Å²) in [6.45, 7) is 2.59. The Bertz CT molecular complexity index is 517. The van der Waals surface area contributed by atoms with Gasteiger partial charge in [0.1, 0.15) is 5.82 Å². The summed E-state index contributed by atoms with van der Waals surface area (Å²) < 4.78 is 12.9. The smallest absolute Gasteiger partial charge is 0.333 e. The van der Waals surface area contributed by atoms with Gasteiger partial charge in [-0.15, -0.1) is 11.8 Å². The van der Waals surface area contributed by atoms with Gasteiger partial charge in [-0.25, -0.2) is 14.6 Å². The number of nitrogens with one attached hydrogen (secondary N) is 3. The lowest BCUT2D eigenvalue weighted by Gasteiger charge is -2.09. The number of hydrogen-bond acceptors (Lipinski definition) is 3. The molecule has 0 saturated carbocycles. The van der Waals surface area contributed by atoms with E-state index < -0.39 is 11.8 Å². The molecule has 5 nitrogen and oxygen atoms in total. The fourth-order valence-electron chi connectivity index (χ4n) is 1.48. The third-order valence-electron chi connectivity index (χ3n) is 2.64. The van der Waals surface area contributed by atoms with Gasteiger partial charge in [0.25, 0.3) is 0 Å². The van der Waals surface area contributed by atoms with E-state index in [-0.39, 0.29) is 11.7 Å². The van der Waals surface area contributed by atoms with E-state index in [0.717, 1.165) is 18.4 Å². The number of halogens is 2. The Hall–Kier alpha value is -1.47. The minimum absolute atomic E-state index is 0.156. The lowest BCUT2D eigenvalue weighted by Crippen LogP contribution is -2.47. The normalized spacial score (nSPS) is 10.1. The van der Waals surface area contributed by atoms with Crippen LogP contribution < -0.4 is 16.2 Å². The number of amides is 3. The van der Waals surface area contributed by atoms with Crippen molar-refractivity contribution in [2.45, 2.75) is 25.5 Å². The van der Waals surface area contributed by atoms with Crippen LogP contribution in [0.1, 0.15) is 25.3 Å². The van der Waals surface area contributed by atoms with E-state index in [9.17, 15) is 14.0 Å². The number of carbonyl (C=O) groups is 2. The molecule has 0 saturated heterocycles. The highest BCUT2D eigenvalue weighted by Crippen LogP contribution is 2.21. The second-order valence-electron chi connectivity index (χ2n) is 4.51. The lowest BCUT2D eigenvalue weighted by atomic mass is 10.2. The van der Waals surface area contributed by atoms with Crippen LogP contribution in [0.4, 0.5) is 9.18 Å². The van der Waals surface area contributed by atoms with E-state index in [2.05, 4.69) is 16.2 Å². The van der Waals surface area contributed by atoms with Gasteiger partial charge in [0, 0.05) is 17.3 Å². The quantitative estimate of drug-likeness (QED) is 0.524. The number of urea groups is 1. The monoisotopic (exact) mass is 347 g/mol. The predicted molar refractivity (Wildman–Crippen MR) is 87.2 cm³/mol. The summed E-state index contributed by atoms with van der Waals surface area (Å²) in [5.74, 6) is -0.0818. The number of thioether (sulfide) groups is 1. The van der Waals surface area contributed by atoms with E-state index in [1.807, 2.05) is 6.92 Å². The summed E-state index contributed by atoms with van der Waals surface area (Å²) in [6, 6.07) is 3.71. The standard InChI is InChI=1S/C14H19ClFN3O2S/c1-2-3-6-17-14(21)19-18-13(20)9-22-8-10-4-5-11(16)7-12(10)15/h4-5,7H,2-3,6,8-9H2,1H3,(H,18,20)(H2,17,19,21). The zero-order valence-corrected chi connectivity index (χ0v) is 13.8. The second-order valence-corrected chi connectivity index (χ2v) is 5.90. The average molecular weight is 348 g/mol. The highest BCUT2D eigenvalue weighted by atomic mass is 35.5. The van der Waals surface area contributed by atoms with Crippen LogP contribution in [0.15, 0.2) is 18.2 Å². The van der Waals surface area contributed by atoms with Gasteiger partial charge in [-0.1, -0.05) is 31.0 Å². The molecule has 0 spiro atoms. The van der Waals surface area contributed by atoms with Gasteiger partial charge in [-0.05, 0) is 24.1 Å². The van der Waals surface area contributed by atoms with Gasteiger partial charge in [0.05, 0.1) is 5.75 Å². The van der Waals surface area contributed by atoms with Crippen molar-refractivity contribution in [1.29, 1.82) is 0 Å². The Kier molecular flexibility index (Phi) is 8.69. The number of benzene rings is 1. The number of hydrazine groups is 1. The molecule has 0 aliphatic carbocycles. The SMILES string of the molecule is CCCCNC(=O)NNC(=O)CSCc1ccc(F)cc1Cl. The zero-order valence-electron chi connectivity index (χ0n) is 12.2. The van der Waals surface area contributed by atoms with Gasteiger partial charge in [-0.2, -0.15) is 0 Å². The summed E-state index contributed by atoms with van der Waals surface area (Å²) in [5, 5.41) is 2.94. The molecule has 0 unspecified atom stereocenters. The Balaban J connectivity index is 2.19. The third kappa shape index (κ3) is 7.51. The molecule has 0 aliphatic rings. The van der Waals surface area contributed by atoms with Crippen molar-refractivity contribution >= 4 is 35.3 Å². The van der Waals surface area contributed by atoms with Crippen LogP contribution in [0.5, 0.6) is 0 Å². The molecule has 3 N–H and O–H groups in total. The Morgan fingerprint density at radius 2 is 2.09 bits per heavy atom. The van der Waals surface area contributed by atoms with Crippen molar-refractivity contribution < 1.29 is 14.0 Å². The molecule has 0 bridgehead atoms. The maximum atomic E-state index is 12.9. The van der Waals surface area contributed by atoms with Crippen LogP contribution in [0, 0.1) is 5.82 Å². The maximum absolute atomic E-state index is 12.9. The number of hydrogen-bond donors (Lipinski definition) is 3. The summed E-state index contributed by atoms with van der Waals surface area (Å²) in [7, 11) is 0. The van der Waals surface area contributed by atoms with Crippen LogP contribution in [-0.2, 0) is 10.5 Å². The Morgan fingerprint density at radius 1 is 1.32 bits per heavy atom. The van der Waals surface area contributed by atoms with E-state index >= 15 is 0 Å². The second kappa shape index (κ2) is 10.3. The summed E-state index contributed by atoms with van der Waals surface area (Å²) in [4.78, 5) is 22.8. The molecule has 0 heterocycles. The highest BCUT2D eigenvalue weighted by molar-refractivity contribution is 7.99. The van der Waals surface area contributed by atoms with Gasteiger partial charge in [0.2, 0.25) is 5.91 Å². The molecule has 8 heteroatoms. The third-order valence-corrected chi connectivity index (χ3v) is 3.97. The molecule has 0 fully saturated rings. The maximum Gasteiger partial charge on any atom is 0.333 e. The van der Waals surface area contributed by atoms with Crippen LogP contribution in [0.25, 0.3) is 0 Å². The molecule has 1 rings (SSSR count). The van der Waals surface area contributed by atoms with E-state index in [0.29, 0.717) is 17.3 Å². The molecular weight excluding hydrogens is 329 g/mol. The van der Waals surface area contributed by atoms with E-state index in [1.54, 1.807) is 6.07 Å². The fraction of sp³-hybridized carbons (Fsp3) is 0.429. The topological polar surface area (TPSA) is 70.2 Å². The van der Waals surface area contributed by atoms with E-state index in [1.165, 1.54) is 23.9 Å². The number of carbonyl (C=O) groups excluding carboxylic acids is 2. The molecule has 0 atom stereocenters. The number of rotatable bonds is 7. The first-order valence-electron chi connectivity index (χ1n) is 6.87. The largest absolute Gasteiger partial charge is 0.337 e. The Labute approximate surface area is 138 Å². The Morgan fingerprint density at radius 3 is 2.77 bits per heavy atom. The summed E-state index contributed by atoms with van der Waals surface area (Å²) in [6.07, 6.45) is 1.87. The molecule has 3 amide bonds. The van der Waals surface area contributed by atoms with Gasteiger partial charge < -0.3 is 5.32 Å². The predicted octanol–water partition coefficient (Wildman–Crippen LogP) is 2.84. The molecule has 0 aromatic heterocycles. The minimum Gasteiger partial charge on any atom is -0.337 e. The van der Waals surface area contributed by atoms with Gasteiger partial charge >= 0.3 is 6.03 Å². The van der Waals surface area contributed by atoms with Crippen LogP contribution >= 0.6 is 23.4 Å². The highest BCUT2D eigenvalue weighted by Gasteiger charge is 2.06. The molecule has 122 valence electrons. The first-order chi connectivity index (χ1) is 10.5. The van der Waals surface area contributed by atoms with Crippen molar-refractivity contribution in [2.75, 3.05) is 12.3 Å². The molecular formula is C14H19ClFN3O2S. The zero-order chi connectivity index (χ0) is 16.4. The van der Waals surface area contributed by atoms with Crippen LogP contribution in [-0.4, -0.2) is 24.2 Å². The molecule has 1 aromatic carbocycles. The first kappa shape index (κ1) is 18.6. The van der Waals surface area contributed by atoms with Crippen molar-refractivity contribution in [2.24, 2.45) is 0 Å². The van der Waals surface area contributed by atoms with Crippen molar-refractivity contribution in [3.05, 3.63) is 34.6 Å². The molecule has 0 radical (unpaired) electrons. The average Bonchev–Trinajstić information content (AvgIpc) is 2.47. The minimum atomic E-state index is -0.437. The molecule has 0 aliphatic heterocycles. The van der Waals surface area contributed by atoms with Crippen molar-refractivity contribution in [3.8, 4) is 0 Å². The van der Waals surface area contributed by atoms with Gasteiger partial charge in [0.15, 0.2) is 0 Å². The lowest BCUT2D eigenvalue weighted by molar-refractivity contribution is -0.119. The van der Waals surface area contributed by atoms with E-state index in [4.69, 9.17) is 11.6 Å². The summed E-state index contributed by atoms with van der Waals surface area (Å²) in [5.41, 5.74) is 5.33. The van der Waals surface area contributed by atoms with Crippen molar-refractivity contribution in [3.63, 3.8) is 0 Å². The van der Waals surface area contributed by atoms with Crippen LogP contribution in [0.2, 0.25) is 5.02 Å². The molecule has 1 aromatic rings. The summed E-state index contributed by atoms with van der Waals surface area (Å²) >= 11 is 7.21. The van der Waals surface area contributed by atoms with Crippen LogP contribution in [0.3, 0.4) is 0 Å². The first-order valence-corrected chi connectivity index (χ1v) is 8.40. The number of unbranched alkanes of at least 4 members (excludes halogenated alkanes) is 1. The van der Waals surface area contributed by atoms with Crippen molar-refractivity contribution in [1.82, 2.24) is 16.2 Å². The van der Waals surface area contributed by atoms with Gasteiger partial charge in [-0.3, -0.25) is 10.2 Å². The molecule has 22 heavy (non-hydrogen) atoms.